The van der Waals surface area contributed by atoms with Crippen LogP contribution in [0.4, 0.5) is 0 Å². The molecule has 0 fully saturated rings. The Hall–Kier alpha value is -4.28. The van der Waals surface area contributed by atoms with Gasteiger partial charge in [0.05, 0.1) is 13.0 Å². The SMILES string of the molecule is CC[C@H](C)[C@H](NC(=O)[C@@H](NC(=O)[C@H](CC(=O)O)NC(=O)CN)C(C)C)C(=O)N[C@@H](CCC(=O)O)C(=O)N[C@H](C(=O)O)C(C)C. The van der Waals surface area contributed by atoms with E-state index in [9.17, 15) is 43.5 Å². The maximum absolute atomic E-state index is 13.4. The fourth-order valence-electron chi connectivity index (χ4n) is 3.94. The summed E-state index contributed by atoms with van der Waals surface area (Å²) in [5.74, 6) is -10.00. The van der Waals surface area contributed by atoms with Crippen molar-refractivity contribution < 1.29 is 53.7 Å². The third-order valence-electron chi connectivity index (χ3n) is 6.77. The quantitative estimate of drug-likeness (QED) is 0.0717. The Morgan fingerprint density at radius 2 is 1.09 bits per heavy atom. The zero-order valence-corrected chi connectivity index (χ0v) is 25.8. The lowest BCUT2D eigenvalue weighted by molar-refractivity contribution is -0.144. The van der Waals surface area contributed by atoms with Gasteiger partial charge in [0.1, 0.15) is 30.2 Å². The number of carboxylic acid groups (broad SMARTS) is 3. The molecule has 17 heteroatoms. The van der Waals surface area contributed by atoms with Crippen LogP contribution in [0.3, 0.4) is 0 Å². The van der Waals surface area contributed by atoms with Gasteiger partial charge in [0, 0.05) is 6.42 Å². The van der Waals surface area contributed by atoms with Crippen LogP contribution in [0.15, 0.2) is 0 Å². The van der Waals surface area contributed by atoms with E-state index in [4.69, 9.17) is 15.9 Å². The Morgan fingerprint density at radius 1 is 0.614 bits per heavy atom. The molecule has 0 aromatic rings. The number of nitrogens with one attached hydrogen (secondary N) is 5. The molecule has 0 radical (unpaired) electrons. The summed E-state index contributed by atoms with van der Waals surface area (Å²) >= 11 is 0. The second-order valence-corrected chi connectivity index (χ2v) is 11.1. The van der Waals surface area contributed by atoms with Gasteiger partial charge in [-0.25, -0.2) is 4.79 Å². The van der Waals surface area contributed by atoms with Crippen LogP contribution in [-0.4, -0.2) is 99.5 Å². The summed E-state index contributed by atoms with van der Waals surface area (Å²) < 4.78 is 0. The van der Waals surface area contributed by atoms with Crippen molar-refractivity contribution in [3.05, 3.63) is 0 Å². The first kappa shape index (κ1) is 39.7. The van der Waals surface area contributed by atoms with Crippen molar-refractivity contribution in [1.82, 2.24) is 26.6 Å². The summed E-state index contributed by atoms with van der Waals surface area (Å²) in [4.78, 5) is 98.3. The number of hydrogen-bond acceptors (Lipinski definition) is 9. The number of carbonyl (C=O) groups excluding carboxylic acids is 5. The van der Waals surface area contributed by atoms with Gasteiger partial charge in [-0.1, -0.05) is 48.0 Å². The van der Waals surface area contributed by atoms with Gasteiger partial charge in [-0.05, 0) is 24.2 Å². The molecule has 0 aromatic heterocycles. The van der Waals surface area contributed by atoms with Crippen molar-refractivity contribution in [3.8, 4) is 0 Å². The third kappa shape index (κ3) is 13.8. The van der Waals surface area contributed by atoms with Crippen molar-refractivity contribution >= 4 is 47.4 Å². The molecule has 17 nitrogen and oxygen atoms in total. The number of carbonyl (C=O) groups is 8. The Balaban J connectivity index is 6.07. The Bertz CT molecular complexity index is 1060. The molecule has 0 aliphatic heterocycles. The summed E-state index contributed by atoms with van der Waals surface area (Å²) in [5, 5.41) is 39.5. The second-order valence-electron chi connectivity index (χ2n) is 11.1. The number of carboxylic acids is 3. The van der Waals surface area contributed by atoms with Gasteiger partial charge in [-0.15, -0.1) is 0 Å². The molecule has 0 saturated heterocycles. The lowest BCUT2D eigenvalue weighted by atomic mass is 9.95. The first-order valence-electron chi connectivity index (χ1n) is 14.2. The number of rotatable bonds is 20. The fourth-order valence-corrected chi connectivity index (χ4v) is 3.94. The molecular formula is C27H46N6O11. The Kier molecular flexibility index (Phi) is 17.2. The number of aliphatic carboxylic acids is 3. The molecular weight excluding hydrogens is 584 g/mol. The number of hydrogen-bond donors (Lipinski definition) is 9. The summed E-state index contributed by atoms with van der Waals surface area (Å²) in [6, 6.07) is -6.88. The van der Waals surface area contributed by atoms with E-state index in [1.165, 1.54) is 0 Å². The molecule has 10 N–H and O–H groups in total. The molecule has 6 atom stereocenters. The molecule has 44 heavy (non-hydrogen) atoms. The number of nitrogens with two attached hydrogens (primary N) is 1. The van der Waals surface area contributed by atoms with Crippen molar-refractivity contribution in [2.45, 2.75) is 97.4 Å². The highest BCUT2D eigenvalue weighted by Gasteiger charge is 2.35. The van der Waals surface area contributed by atoms with Crippen LogP contribution >= 0.6 is 0 Å². The molecule has 0 aromatic carbocycles. The van der Waals surface area contributed by atoms with Gasteiger partial charge in [0.15, 0.2) is 0 Å². The lowest BCUT2D eigenvalue weighted by Gasteiger charge is -2.30. The highest BCUT2D eigenvalue weighted by Crippen LogP contribution is 2.12. The average molecular weight is 631 g/mol. The van der Waals surface area contributed by atoms with Crippen molar-refractivity contribution in [1.29, 1.82) is 0 Å². The smallest absolute Gasteiger partial charge is 0.326 e. The van der Waals surface area contributed by atoms with Crippen LogP contribution in [-0.2, 0) is 38.4 Å². The third-order valence-corrected chi connectivity index (χ3v) is 6.77. The number of amides is 5. The van der Waals surface area contributed by atoms with Gasteiger partial charge in [-0.2, -0.15) is 0 Å². The van der Waals surface area contributed by atoms with Gasteiger partial charge < -0.3 is 47.6 Å². The van der Waals surface area contributed by atoms with Gasteiger partial charge in [0.25, 0.3) is 0 Å². The first-order valence-corrected chi connectivity index (χ1v) is 14.2. The first-order chi connectivity index (χ1) is 20.4. The van der Waals surface area contributed by atoms with Crippen LogP contribution in [0, 0.1) is 17.8 Å². The fraction of sp³-hybridized carbons (Fsp3) is 0.704. The van der Waals surface area contributed by atoms with Crippen LogP contribution in [0.1, 0.15) is 67.2 Å². The van der Waals surface area contributed by atoms with Gasteiger partial charge in [-0.3, -0.25) is 33.6 Å². The summed E-state index contributed by atoms with van der Waals surface area (Å²) in [6.45, 7) is 9.11. The average Bonchev–Trinajstić information content (AvgIpc) is 2.92. The molecule has 0 bridgehead atoms. The molecule has 0 unspecified atom stereocenters. The van der Waals surface area contributed by atoms with E-state index < -0.39 is 115 Å². The normalized spacial score (nSPS) is 15.1. The zero-order chi connectivity index (χ0) is 34.3. The van der Waals surface area contributed by atoms with E-state index in [0.717, 1.165) is 0 Å². The monoisotopic (exact) mass is 630 g/mol. The van der Waals surface area contributed by atoms with E-state index in [0.29, 0.717) is 6.42 Å². The second kappa shape index (κ2) is 19.1. The highest BCUT2D eigenvalue weighted by molar-refractivity contribution is 5.97. The Labute approximate surface area is 255 Å². The summed E-state index contributed by atoms with van der Waals surface area (Å²) in [7, 11) is 0. The molecule has 0 saturated carbocycles. The molecule has 0 rings (SSSR count). The van der Waals surface area contributed by atoms with E-state index in [1.54, 1.807) is 41.5 Å². The van der Waals surface area contributed by atoms with Gasteiger partial charge >= 0.3 is 17.9 Å². The molecule has 0 aliphatic carbocycles. The largest absolute Gasteiger partial charge is 0.481 e. The molecule has 0 heterocycles. The van der Waals surface area contributed by atoms with Crippen molar-refractivity contribution in [2.75, 3.05) is 6.54 Å². The van der Waals surface area contributed by atoms with Gasteiger partial charge in [0.2, 0.25) is 29.5 Å². The topological polar surface area (TPSA) is 283 Å². The predicted molar refractivity (Wildman–Crippen MR) is 155 cm³/mol. The standard InChI is InChI=1S/C27H46N6O11/c1-7-14(6)22(26(42)30-15(8-9-18(35)36)23(39)32-21(13(4)5)27(43)44)33-25(41)20(12(2)3)31-24(40)16(10-19(37)38)29-17(34)11-28/h12-16,20-22H,7-11,28H2,1-6H3,(H,29,34)(H,30,42)(H,31,40)(H,32,39)(H,33,41)(H,35,36)(H,37,38)(H,43,44)/t14-,15-,16-,20-,21-,22-/m0/s1. The zero-order valence-electron chi connectivity index (χ0n) is 25.8. The Morgan fingerprint density at radius 3 is 1.52 bits per heavy atom. The summed E-state index contributed by atoms with van der Waals surface area (Å²) in [6.07, 6.45) is -1.33. The van der Waals surface area contributed by atoms with Crippen LogP contribution in [0.5, 0.6) is 0 Å². The lowest BCUT2D eigenvalue weighted by Crippen LogP contribution is -2.61. The maximum Gasteiger partial charge on any atom is 0.326 e. The maximum atomic E-state index is 13.4. The molecule has 5 amide bonds. The molecule has 250 valence electrons. The predicted octanol–water partition coefficient (Wildman–Crippen LogP) is -1.85. The van der Waals surface area contributed by atoms with E-state index in [1.807, 2.05) is 0 Å². The minimum absolute atomic E-state index is 0.364. The van der Waals surface area contributed by atoms with E-state index in [-0.39, 0.29) is 6.42 Å². The van der Waals surface area contributed by atoms with Crippen molar-refractivity contribution in [2.24, 2.45) is 23.5 Å². The van der Waals surface area contributed by atoms with Crippen LogP contribution in [0.2, 0.25) is 0 Å². The minimum atomic E-state index is -1.54. The highest BCUT2D eigenvalue weighted by atomic mass is 16.4. The molecule has 0 spiro atoms. The minimum Gasteiger partial charge on any atom is -0.481 e. The van der Waals surface area contributed by atoms with E-state index >= 15 is 0 Å². The van der Waals surface area contributed by atoms with Crippen molar-refractivity contribution in [3.63, 3.8) is 0 Å². The summed E-state index contributed by atoms with van der Waals surface area (Å²) in [5.41, 5.74) is 5.24. The van der Waals surface area contributed by atoms with Crippen LogP contribution in [0.25, 0.3) is 0 Å². The molecule has 0 aliphatic rings. The van der Waals surface area contributed by atoms with E-state index in [2.05, 4.69) is 26.6 Å². The van der Waals surface area contributed by atoms with Crippen LogP contribution < -0.4 is 32.3 Å².